The number of carbonyl (C=O) groups excluding carboxylic acids is 1. The molecule has 3 heteroatoms. The number of carbonyl (C=O) groups is 1. The summed E-state index contributed by atoms with van der Waals surface area (Å²) in [5.74, 6) is 1.47. The second-order valence-electron chi connectivity index (χ2n) is 5.40. The molecule has 1 N–H and O–H groups in total. The van der Waals surface area contributed by atoms with Crippen LogP contribution in [-0.2, 0) is 4.79 Å². The van der Waals surface area contributed by atoms with E-state index in [1.807, 2.05) is 0 Å². The van der Waals surface area contributed by atoms with Crippen molar-refractivity contribution in [2.45, 2.75) is 53.1 Å². The molecule has 16 heavy (non-hydrogen) atoms. The fourth-order valence-corrected chi connectivity index (χ4v) is 4.53. The minimum absolute atomic E-state index is 0.316. The normalized spacial score (nSPS) is 25.8. The zero-order valence-electron chi connectivity index (χ0n) is 11.0. The molecular weight excluding hydrogens is 308 g/mol. The third-order valence-corrected chi connectivity index (χ3v) is 6.92. The van der Waals surface area contributed by atoms with Crippen LogP contribution in [0.4, 0.5) is 0 Å². The van der Waals surface area contributed by atoms with Crippen molar-refractivity contribution in [1.82, 2.24) is 5.32 Å². The van der Waals surface area contributed by atoms with Gasteiger partial charge in [0.2, 0.25) is 0 Å². The third kappa shape index (κ3) is 5.57. The van der Waals surface area contributed by atoms with Gasteiger partial charge in [0, 0.05) is 0 Å². The quantitative estimate of drug-likeness (QED) is 0.608. The van der Waals surface area contributed by atoms with Gasteiger partial charge >= 0.3 is 108 Å². The average molecular weight is 334 g/mol. The van der Waals surface area contributed by atoms with E-state index in [4.69, 9.17) is 0 Å². The van der Waals surface area contributed by atoms with E-state index in [0.29, 0.717) is 11.8 Å². The second-order valence-corrected chi connectivity index (χ2v) is 12.8. The summed E-state index contributed by atoms with van der Waals surface area (Å²) in [6.07, 6.45) is 5.88. The zero-order valence-corrected chi connectivity index (χ0v) is 13.5. The second kappa shape index (κ2) is 7.58. The molecule has 94 valence electrons. The van der Waals surface area contributed by atoms with Crippen LogP contribution in [-0.4, -0.2) is 32.7 Å². The van der Waals surface area contributed by atoms with E-state index in [-0.39, 0.29) is 0 Å². The van der Waals surface area contributed by atoms with Crippen LogP contribution < -0.4 is 5.32 Å². The maximum absolute atomic E-state index is 11.9. The van der Waals surface area contributed by atoms with Crippen LogP contribution in [0, 0.1) is 11.8 Å². The molecular formula is C13H26NOSb. The Morgan fingerprint density at radius 2 is 1.88 bits per heavy atom. The van der Waals surface area contributed by atoms with Crippen LogP contribution >= 0.6 is 0 Å². The summed E-state index contributed by atoms with van der Waals surface area (Å²) < 4.78 is 1.39. The Bertz CT molecular complexity index is 210. The first kappa shape index (κ1) is 14.3. The van der Waals surface area contributed by atoms with E-state index in [1.165, 1.54) is 23.6 Å². The van der Waals surface area contributed by atoms with Crippen LogP contribution in [0.25, 0.3) is 0 Å². The van der Waals surface area contributed by atoms with E-state index in [1.54, 1.807) is 0 Å². The van der Waals surface area contributed by atoms with Gasteiger partial charge in [-0.2, -0.15) is 0 Å². The van der Waals surface area contributed by atoms with Crippen LogP contribution in [0.5, 0.6) is 0 Å². The molecule has 0 unspecified atom stereocenters. The molecule has 0 atom stereocenters. The van der Waals surface area contributed by atoms with Gasteiger partial charge in [-0.3, -0.25) is 0 Å². The zero-order chi connectivity index (χ0) is 12.0. The monoisotopic (exact) mass is 333 g/mol. The van der Waals surface area contributed by atoms with Gasteiger partial charge in [0.05, 0.1) is 0 Å². The van der Waals surface area contributed by atoms with Gasteiger partial charge in [-0.05, 0) is 0 Å². The van der Waals surface area contributed by atoms with Gasteiger partial charge in [0.1, 0.15) is 0 Å². The summed E-state index contributed by atoms with van der Waals surface area (Å²) in [4.78, 5) is 16.7. The van der Waals surface area contributed by atoms with E-state index < -0.39 is 20.2 Å². The van der Waals surface area contributed by atoms with Gasteiger partial charge in [0.15, 0.2) is 0 Å². The van der Waals surface area contributed by atoms with Crippen molar-refractivity contribution in [3.8, 4) is 0 Å². The van der Waals surface area contributed by atoms with Crippen molar-refractivity contribution in [3.63, 3.8) is 0 Å². The van der Waals surface area contributed by atoms with Gasteiger partial charge in [-0.1, -0.05) is 0 Å². The van der Waals surface area contributed by atoms with Crippen LogP contribution in [0.1, 0.15) is 39.0 Å². The maximum atomic E-state index is 11.9. The predicted molar refractivity (Wildman–Crippen MR) is 71.0 cm³/mol. The molecule has 0 aliphatic heterocycles. The molecule has 0 spiro atoms. The van der Waals surface area contributed by atoms with Crippen LogP contribution in [0.3, 0.4) is 0 Å². The first-order valence-corrected chi connectivity index (χ1v) is 13.4. The first-order valence-electron chi connectivity index (χ1n) is 6.52. The molecule has 1 aliphatic carbocycles. The molecule has 0 aromatic heterocycles. The predicted octanol–water partition coefficient (Wildman–Crippen LogP) is 3.07. The van der Waals surface area contributed by atoms with Gasteiger partial charge in [-0.15, -0.1) is 0 Å². The Labute approximate surface area is 108 Å². The molecule has 1 aliphatic rings. The summed E-state index contributed by atoms with van der Waals surface area (Å²) in [6.45, 7) is 3.20. The number of hydrogen-bond donors (Lipinski definition) is 1. The Morgan fingerprint density at radius 1 is 1.25 bits per heavy atom. The van der Waals surface area contributed by atoms with Crippen molar-refractivity contribution >= 4 is 26.1 Å². The summed E-state index contributed by atoms with van der Waals surface area (Å²) in [7, 11) is 0. The van der Waals surface area contributed by atoms with Crippen molar-refractivity contribution < 1.29 is 4.79 Å². The molecule has 1 rings (SSSR count). The van der Waals surface area contributed by atoms with Gasteiger partial charge in [0.25, 0.3) is 0 Å². The summed E-state index contributed by atoms with van der Waals surface area (Å²) in [5, 5.41) is 3.11. The summed E-state index contributed by atoms with van der Waals surface area (Å²) >= 11 is -0.802. The fourth-order valence-electron chi connectivity index (χ4n) is 2.27. The number of amides is 1. The molecule has 0 aromatic carbocycles. The van der Waals surface area contributed by atoms with Gasteiger partial charge in [-0.25, -0.2) is 0 Å². The van der Waals surface area contributed by atoms with E-state index in [0.717, 1.165) is 25.3 Å². The standard InChI is InChI=1S/C11H20NO.2CH3.Sb/c1-3-8-12-11(13)10-6-4-9(2)5-7-10;;;/h9-10H,1,3-8H2,2H3,(H,12,13);2*1H3;. The Morgan fingerprint density at radius 3 is 2.44 bits per heavy atom. The van der Waals surface area contributed by atoms with E-state index in [2.05, 4.69) is 22.0 Å². The molecule has 0 aromatic rings. The molecule has 0 saturated heterocycles. The number of rotatable bonds is 5. The molecule has 2 nitrogen and oxygen atoms in total. The molecule has 0 heterocycles. The Kier molecular flexibility index (Phi) is 6.80. The molecule has 0 bridgehead atoms. The average Bonchev–Trinajstić information content (AvgIpc) is 2.25. The van der Waals surface area contributed by atoms with Crippen LogP contribution in [0.15, 0.2) is 0 Å². The summed E-state index contributed by atoms with van der Waals surface area (Å²) in [6, 6.07) is 0. The van der Waals surface area contributed by atoms with Crippen molar-refractivity contribution in [1.29, 1.82) is 0 Å². The van der Waals surface area contributed by atoms with Crippen molar-refractivity contribution in [2.75, 3.05) is 6.54 Å². The molecule has 1 saturated carbocycles. The topological polar surface area (TPSA) is 29.1 Å². The van der Waals surface area contributed by atoms with Crippen molar-refractivity contribution in [2.24, 2.45) is 11.8 Å². The Hall–Kier alpha value is 0.288. The SMILES string of the molecule is CC1CCC(C(=O)NCC[CH2][Sb]([CH3])[CH3])CC1. The minimum atomic E-state index is -0.802. The fraction of sp³-hybridized carbons (Fsp3) is 0.923. The third-order valence-electron chi connectivity index (χ3n) is 3.47. The number of hydrogen-bond acceptors (Lipinski definition) is 1. The van der Waals surface area contributed by atoms with E-state index in [9.17, 15) is 4.79 Å². The van der Waals surface area contributed by atoms with E-state index >= 15 is 0 Å². The molecule has 1 fully saturated rings. The summed E-state index contributed by atoms with van der Waals surface area (Å²) in [5.41, 5.74) is 0. The first-order chi connectivity index (χ1) is 7.59. The van der Waals surface area contributed by atoms with Crippen LogP contribution in [0.2, 0.25) is 14.1 Å². The Balaban J connectivity index is 2.10. The molecule has 0 radical (unpaired) electrons. The molecule has 1 amide bonds. The van der Waals surface area contributed by atoms with Crippen molar-refractivity contribution in [3.05, 3.63) is 0 Å². The van der Waals surface area contributed by atoms with Gasteiger partial charge < -0.3 is 0 Å². The number of nitrogens with one attached hydrogen (secondary N) is 1.